The van der Waals surface area contributed by atoms with Crippen LogP contribution in [0, 0.1) is 0 Å². The molecule has 1 aromatic heterocycles. The van der Waals surface area contributed by atoms with Gasteiger partial charge in [0.1, 0.15) is 6.04 Å². The van der Waals surface area contributed by atoms with E-state index in [1.165, 1.54) is 10.5 Å². The van der Waals surface area contributed by atoms with E-state index in [1.54, 1.807) is 23.3 Å². The minimum Gasteiger partial charge on any atom is -0.334 e. The lowest BCUT2D eigenvalue weighted by molar-refractivity contribution is -0.883. The van der Waals surface area contributed by atoms with Crippen molar-refractivity contribution in [1.82, 2.24) is 14.5 Å². The van der Waals surface area contributed by atoms with E-state index in [1.807, 2.05) is 28.0 Å². The number of amides is 2. The average molecular weight is 368 g/mol. The number of aromatic nitrogens is 2. The molecule has 27 heavy (non-hydrogen) atoms. The van der Waals surface area contributed by atoms with Crippen LogP contribution in [-0.4, -0.2) is 66.0 Å². The minimum atomic E-state index is -0.557. The summed E-state index contributed by atoms with van der Waals surface area (Å²) in [6.45, 7) is 4.07. The van der Waals surface area contributed by atoms with E-state index in [-0.39, 0.29) is 18.2 Å². The number of carbonyl (C=O) groups excluding carboxylic acids is 2. The molecule has 2 amide bonds. The second kappa shape index (κ2) is 7.52. The van der Waals surface area contributed by atoms with Gasteiger partial charge in [-0.2, -0.15) is 0 Å². The monoisotopic (exact) mass is 368 g/mol. The molecular formula is C20H26N5O2+. The molecule has 1 unspecified atom stereocenters. The van der Waals surface area contributed by atoms with Crippen LogP contribution < -0.4 is 9.80 Å². The van der Waals surface area contributed by atoms with Gasteiger partial charge in [-0.25, -0.2) is 4.98 Å². The Labute approximate surface area is 159 Å². The van der Waals surface area contributed by atoms with Crippen molar-refractivity contribution >= 4 is 17.5 Å². The van der Waals surface area contributed by atoms with Gasteiger partial charge >= 0.3 is 0 Å². The second-order valence-corrected chi connectivity index (χ2v) is 7.44. The molecule has 3 heterocycles. The number of piperazine rings is 1. The summed E-state index contributed by atoms with van der Waals surface area (Å²) in [5, 5.41) is 0. The number of nitrogens with zero attached hydrogens (tertiary/aromatic N) is 4. The van der Waals surface area contributed by atoms with E-state index in [0.717, 1.165) is 38.3 Å². The molecule has 1 N–H and O–H groups in total. The molecule has 2 aromatic rings. The van der Waals surface area contributed by atoms with Crippen molar-refractivity contribution in [1.29, 1.82) is 0 Å². The van der Waals surface area contributed by atoms with Gasteiger partial charge < -0.3 is 19.3 Å². The molecule has 2 aliphatic heterocycles. The number of rotatable bonds is 4. The number of hydrogen-bond acceptors (Lipinski definition) is 3. The fourth-order valence-electron chi connectivity index (χ4n) is 3.95. The van der Waals surface area contributed by atoms with E-state index in [9.17, 15) is 9.59 Å². The Morgan fingerprint density at radius 2 is 1.96 bits per heavy atom. The number of fused-ring (bicyclic) bond motifs is 1. The molecule has 0 bridgehead atoms. The Morgan fingerprint density at radius 1 is 1.19 bits per heavy atom. The summed E-state index contributed by atoms with van der Waals surface area (Å²) in [5.41, 5.74) is 2.15. The van der Waals surface area contributed by atoms with Crippen molar-refractivity contribution < 1.29 is 14.5 Å². The van der Waals surface area contributed by atoms with Gasteiger partial charge in [0.05, 0.1) is 46.0 Å². The molecule has 1 atom stereocenters. The van der Waals surface area contributed by atoms with Crippen molar-refractivity contribution in [2.75, 3.05) is 44.7 Å². The number of carbonyl (C=O) groups is 2. The van der Waals surface area contributed by atoms with Crippen molar-refractivity contribution in [3.8, 4) is 0 Å². The zero-order valence-electron chi connectivity index (χ0n) is 15.7. The van der Waals surface area contributed by atoms with Crippen molar-refractivity contribution in [2.45, 2.75) is 18.9 Å². The first-order valence-corrected chi connectivity index (χ1v) is 9.59. The lowest BCUT2D eigenvalue weighted by Crippen LogP contribution is -3.12. The van der Waals surface area contributed by atoms with E-state index >= 15 is 0 Å². The number of hydrogen-bond donors (Lipinski definition) is 1. The molecule has 0 saturated carbocycles. The first-order valence-electron chi connectivity index (χ1n) is 9.59. The van der Waals surface area contributed by atoms with Crippen LogP contribution in [-0.2, 0) is 16.0 Å². The molecule has 4 rings (SSSR count). The number of quaternary nitrogens is 1. The number of para-hydroxylation sites is 1. The van der Waals surface area contributed by atoms with Crippen LogP contribution in [0.5, 0.6) is 0 Å². The van der Waals surface area contributed by atoms with Crippen LogP contribution in [0.15, 0.2) is 43.0 Å². The Morgan fingerprint density at radius 3 is 2.70 bits per heavy atom. The predicted octanol–water partition coefficient (Wildman–Crippen LogP) is -0.239. The van der Waals surface area contributed by atoms with Crippen molar-refractivity contribution in [3.63, 3.8) is 0 Å². The molecule has 1 saturated heterocycles. The number of imidazole rings is 1. The van der Waals surface area contributed by atoms with Gasteiger partial charge in [-0.05, 0) is 18.1 Å². The SMILES string of the molecule is C[NH+]1CCN(C(=O)CC(C(=O)N2CCc3ccccc32)n2ccnc2)CC1. The molecule has 0 aliphatic carbocycles. The maximum atomic E-state index is 13.4. The summed E-state index contributed by atoms with van der Waals surface area (Å²) in [5.74, 6) is 0.00749. The van der Waals surface area contributed by atoms with Crippen LogP contribution in [0.1, 0.15) is 18.0 Å². The molecule has 7 heteroatoms. The van der Waals surface area contributed by atoms with Gasteiger partial charge in [0.15, 0.2) is 0 Å². The molecule has 0 radical (unpaired) electrons. The summed E-state index contributed by atoms with van der Waals surface area (Å²) < 4.78 is 1.77. The summed E-state index contributed by atoms with van der Waals surface area (Å²) in [7, 11) is 2.14. The Hall–Kier alpha value is -2.67. The van der Waals surface area contributed by atoms with Gasteiger partial charge in [-0.1, -0.05) is 18.2 Å². The van der Waals surface area contributed by atoms with Crippen LogP contribution in [0.25, 0.3) is 0 Å². The maximum Gasteiger partial charge on any atom is 0.250 e. The molecular weight excluding hydrogens is 342 g/mol. The summed E-state index contributed by atoms with van der Waals surface area (Å²) in [4.78, 5) is 35.5. The number of likely N-dealkylation sites (N-methyl/N-ethyl adjacent to an activating group) is 1. The Kier molecular flexibility index (Phi) is 4.94. The number of nitrogens with one attached hydrogen (secondary N) is 1. The first-order chi connectivity index (χ1) is 13.1. The zero-order valence-corrected chi connectivity index (χ0v) is 15.7. The summed E-state index contributed by atoms with van der Waals surface area (Å²) >= 11 is 0. The Balaban J connectivity index is 1.54. The zero-order chi connectivity index (χ0) is 18.8. The van der Waals surface area contributed by atoms with Gasteiger partial charge in [0.2, 0.25) is 5.91 Å². The van der Waals surface area contributed by atoms with Crippen LogP contribution in [0.2, 0.25) is 0 Å². The van der Waals surface area contributed by atoms with Gasteiger partial charge in [-0.15, -0.1) is 0 Å². The molecule has 7 nitrogen and oxygen atoms in total. The lowest BCUT2D eigenvalue weighted by atomic mass is 10.1. The second-order valence-electron chi connectivity index (χ2n) is 7.44. The fourth-order valence-corrected chi connectivity index (χ4v) is 3.95. The van der Waals surface area contributed by atoms with Gasteiger partial charge in [-0.3, -0.25) is 9.59 Å². The maximum absolute atomic E-state index is 13.4. The lowest BCUT2D eigenvalue weighted by Gasteiger charge is -2.32. The van der Waals surface area contributed by atoms with Crippen LogP contribution >= 0.6 is 0 Å². The quantitative estimate of drug-likeness (QED) is 0.810. The highest BCUT2D eigenvalue weighted by molar-refractivity contribution is 6.00. The normalized spacial score (nSPS) is 18.4. The highest BCUT2D eigenvalue weighted by Gasteiger charge is 2.34. The molecule has 2 aliphatic rings. The number of benzene rings is 1. The van der Waals surface area contributed by atoms with E-state index in [2.05, 4.69) is 18.1 Å². The third-order valence-electron chi connectivity index (χ3n) is 5.66. The average Bonchev–Trinajstić information content (AvgIpc) is 3.36. The van der Waals surface area contributed by atoms with Crippen LogP contribution in [0.3, 0.4) is 0 Å². The summed E-state index contributed by atoms with van der Waals surface area (Å²) in [6, 6.07) is 7.44. The smallest absolute Gasteiger partial charge is 0.250 e. The first kappa shape index (κ1) is 17.7. The van der Waals surface area contributed by atoms with E-state index < -0.39 is 6.04 Å². The molecule has 1 aromatic carbocycles. The standard InChI is InChI=1S/C20H25N5O2/c1-22-10-12-23(13-11-22)19(26)14-18(24-9-7-21-15-24)20(27)25-8-6-16-4-2-3-5-17(16)25/h2-5,7,9,15,18H,6,8,10-14H2,1H3/p+1. The summed E-state index contributed by atoms with van der Waals surface area (Å²) in [6.07, 6.45) is 6.08. The van der Waals surface area contributed by atoms with Crippen molar-refractivity contribution in [2.24, 2.45) is 0 Å². The van der Waals surface area contributed by atoms with Gasteiger partial charge in [0, 0.05) is 24.6 Å². The predicted molar refractivity (Wildman–Crippen MR) is 102 cm³/mol. The number of anilines is 1. The third-order valence-corrected chi connectivity index (χ3v) is 5.66. The fraction of sp³-hybridized carbons (Fsp3) is 0.450. The third kappa shape index (κ3) is 3.60. The highest BCUT2D eigenvalue weighted by Crippen LogP contribution is 2.30. The van der Waals surface area contributed by atoms with Crippen LogP contribution in [0.4, 0.5) is 5.69 Å². The van der Waals surface area contributed by atoms with E-state index in [4.69, 9.17) is 0 Å². The largest absolute Gasteiger partial charge is 0.334 e. The molecule has 1 fully saturated rings. The van der Waals surface area contributed by atoms with Gasteiger partial charge in [0.25, 0.3) is 5.91 Å². The van der Waals surface area contributed by atoms with E-state index in [0.29, 0.717) is 6.54 Å². The molecule has 0 spiro atoms. The minimum absolute atomic E-state index is 0.0361. The Bertz CT molecular complexity index is 812. The topological polar surface area (TPSA) is 62.9 Å². The van der Waals surface area contributed by atoms with Crippen molar-refractivity contribution in [3.05, 3.63) is 48.5 Å². The molecule has 142 valence electrons. The highest BCUT2D eigenvalue weighted by atomic mass is 16.2.